The molecule has 0 spiro atoms. The van der Waals surface area contributed by atoms with Crippen molar-refractivity contribution in [3.8, 4) is 28.4 Å². The van der Waals surface area contributed by atoms with Crippen molar-refractivity contribution >= 4 is 11.6 Å². The van der Waals surface area contributed by atoms with Gasteiger partial charge in [-0.05, 0) is 52.9 Å². The van der Waals surface area contributed by atoms with Gasteiger partial charge in [0.2, 0.25) is 17.1 Å². The molecule has 8 nitrogen and oxygen atoms in total. The number of ether oxygens (including phenoxy) is 3. The molecule has 0 radical (unpaired) electrons. The molecule has 3 rings (SSSR count). The maximum atomic E-state index is 12.5. The lowest BCUT2D eigenvalue weighted by molar-refractivity contribution is -0.119. The average Bonchev–Trinajstić information content (AvgIpc) is 2.95. The van der Waals surface area contributed by atoms with Crippen LogP contribution in [0.5, 0.6) is 17.2 Å². The summed E-state index contributed by atoms with van der Waals surface area (Å²) in [6.07, 6.45) is 1.15. The number of hydrogen-bond donors (Lipinski definition) is 1. The minimum Gasteiger partial charge on any atom is -0.493 e. The fraction of sp³-hybridized carbons (Fsp3) is 0.333. The van der Waals surface area contributed by atoms with E-state index >= 15 is 0 Å². The standard InChI is InChI=1S/C21H22N2O6/c1-11(24)22-15-7-5-12-9-18(27-2)20(28-3)21(29-4)19(12)13-6-8-16(23-26)17(25)10-14(13)15/h6,8-10,15H,5,7H2,1-4H3,(H,22,24)/t15-/m0/s1. The number of benzene rings is 1. The SMILES string of the molecule is COc1cc2c(c(OC)c1OC)-c1ccc(N=O)c(=O)cc1[C@@H](NC(C)=O)CC2. The number of aryl methyl sites for hydroxylation is 1. The van der Waals surface area contributed by atoms with E-state index in [4.69, 9.17) is 14.2 Å². The van der Waals surface area contributed by atoms with Gasteiger partial charge in [0, 0.05) is 12.5 Å². The Morgan fingerprint density at radius 2 is 1.83 bits per heavy atom. The summed E-state index contributed by atoms with van der Waals surface area (Å²) in [4.78, 5) is 35.3. The molecule has 0 fully saturated rings. The van der Waals surface area contributed by atoms with Crippen LogP contribution in [-0.2, 0) is 11.2 Å². The average molecular weight is 398 g/mol. The molecule has 2 aromatic carbocycles. The second-order valence-corrected chi connectivity index (χ2v) is 6.66. The molecular weight excluding hydrogens is 376 g/mol. The molecule has 1 aliphatic carbocycles. The summed E-state index contributed by atoms with van der Waals surface area (Å²) in [5.41, 5.74) is 2.15. The third-order valence-corrected chi connectivity index (χ3v) is 4.99. The van der Waals surface area contributed by atoms with E-state index in [2.05, 4.69) is 10.5 Å². The molecule has 0 aromatic heterocycles. The van der Waals surface area contributed by atoms with Crippen LogP contribution in [0.15, 0.2) is 34.2 Å². The van der Waals surface area contributed by atoms with Gasteiger partial charge in [-0.15, -0.1) is 4.91 Å². The van der Waals surface area contributed by atoms with Crippen molar-refractivity contribution in [2.75, 3.05) is 21.3 Å². The Hall–Kier alpha value is -3.42. The van der Waals surface area contributed by atoms with Crippen LogP contribution in [0.25, 0.3) is 11.1 Å². The Balaban J connectivity index is 2.43. The van der Waals surface area contributed by atoms with Gasteiger partial charge in [-0.1, -0.05) is 6.07 Å². The maximum absolute atomic E-state index is 12.5. The number of nitroso groups, excluding NO2 is 1. The molecule has 1 N–H and O–H groups in total. The number of carbonyl (C=O) groups excluding carboxylic acids is 1. The predicted octanol–water partition coefficient (Wildman–Crippen LogP) is 3.26. The summed E-state index contributed by atoms with van der Waals surface area (Å²) >= 11 is 0. The van der Waals surface area contributed by atoms with Crippen LogP contribution in [-0.4, -0.2) is 27.2 Å². The van der Waals surface area contributed by atoms with Crippen LogP contribution < -0.4 is 25.0 Å². The van der Waals surface area contributed by atoms with Crippen molar-refractivity contribution in [3.05, 3.63) is 50.5 Å². The Morgan fingerprint density at radius 1 is 1.10 bits per heavy atom. The molecule has 2 aromatic rings. The third-order valence-electron chi connectivity index (χ3n) is 4.99. The smallest absolute Gasteiger partial charge is 0.217 e. The fourth-order valence-electron chi connectivity index (χ4n) is 3.77. The molecule has 0 saturated carbocycles. The van der Waals surface area contributed by atoms with Crippen molar-refractivity contribution < 1.29 is 19.0 Å². The number of rotatable bonds is 5. The normalized spacial score (nSPS) is 14.7. The van der Waals surface area contributed by atoms with Crippen LogP contribution in [0.2, 0.25) is 0 Å². The highest BCUT2D eigenvalue weighted by molar-refractivity contribution is 5.83. The summed E-state index contributed by atoms with van der Waals surface area (Å²) in [5.74, 6) is 1.16. The molecule has 1 aliphatic rings. The van der Waals surface area contributed by atoms with Crippen LogP contribution >= 0.6 is 0 Å². The number of amides is 1. The summed E-state index contributed by atoms with van der Waals surface area (Å²) in [6, 6.07) is 5.83. The van der Waals surface area contributed by atoms with E-state index in [1.54, 1.807) is 13.2 Å². The number of carbonyl (C=O) groups is 1. The number of nitrogens with zero attached hydrogens (tertiary/aromatic N) is 1. The first-order valence-corrected chi connectivity index (χ1v) is 9.06. The van der Waals surface area contributed by atoms with Crippen molar-refractivity contribution in [3.63, 3.8) is 0 Å². The summed E-state index contributed by atoms with van der Waals surface area (Å²) in [5, 5.41) is 5.72. The largest absolute Gasteiger partial charge is 0.493 e. The Bertz CT molecular complexity index is 1030. The van der Waals surface area contributed by atoms with Crippen molar-refractivity contribution in [2.24, 2.45) is 5.18 Å². The van der Waals surface area contributed by atoms with E-state index in [1.165, 1.54) is 33.3 Å². The van der Waals surface area contributed by atoms with E-state index in [1.807, 2.05) is 6.07 Å². The van der Waals surface area contributed by atoms with Crippen molar-refractivity contribution in [2.45, 2.75) is 25.8 Å². The first kappa shape index (κ1) is 20.3. The number of nitrogens with one attached hydrogen (secondary N) is 1. The second-order valence-electron chi connectivity index (χ2n) is 6.66. The highest BCUT2D eigenvalue weighted by atomic mass is 16.5. The molecule has 0 bridgehead atoms. The summed E-state index contributed by atoms with van der Waals surface area (Å²) in [7, 11) is 4.58. The molecule has 29 heavy (non-hydrogen) atoms. The molecule has 0 aliphatic heterocycles. The van der Waals surface area contributed by atoms with Gasteiger partial charge in [0.05, 0.1) is 27.4 Å². The molecule has 152 valence electrons. The van der Waals surface area contributed by atoms with E-state index in [0.717, 1.165) is 11.1 Å². The topological polar surface area (TPSA) is 103 Å². The predicted molar refractivity (Wildman–Crippen MR) is 108 cm³/mol. The molecule has 1 amide bonds. The Morgan fingerprint density at radius 3 is 2.41 bits per heavy atom. The zero-order chi connectivity index (χ0) is 21.1. The summed E-state index contributed by atoms with van der Waals surface area (Å²) < 4.78 is 16.6. The van der Waals surface area contributed by atoms with Gasteiger partial charge in [-0.3, -0.25) is 9.59 Å². The van der Waals surface area contributed by atoms with Gasteiger partial charge < -0.3 is 19.5 Å². The van der Waals surface area contributed by atoms with Gasteiger partial charge in [0.1, 0.15) is 0 Å². The number of hydrogen-bond acceptors (Lipinski definition) is 7. The lowest BCUT2D eigenvalue weighted by atomic mass is 9.95. The van der Waals surface area contributed by atoms with E-state index in [9.17, 15) is 14.5 Å². The quantitative estimate of drug-likeness (QED) is 0.776. The van der Waals surface area contributed by atoms with Gasteiger partial charge in [-0.2, -0.15) is 0 Å². The molecule has 1 atom stereocenters. The van der Waals surface area contributed by atoms with Crippen LogP contribution in [0.3, 0.4) is 0 Å². The van der Waals surface area contributed by atoms with Crippen LogP contribution in [0.1, 0.15) is 30.5 Å². The van der Waals surface area contributed by atoms with Gasteiger partial charge in [-0.25, -0.2) is 0 Å². The highest BCUT2D eigenvalue weighted by Gasteiger charge is 2.29. The molecule has 8 heteroatoms. The number of methoxy groups -OCH3 is 3. The molecular formula is C21H22N2O6. The Labute approximate surface area is 167 Å². The first-order valence-electron chi connectivity index (χ1n) is 9.06. The first-order chi connectivity index (χ1) is 13.9. The highest BCUT2D eigenvalue weighted by Crippen LogP contribution is 2.50. The maximum Gasteiger partial charge on any atom is 0.217 e. The van der Waals surface area contributed by atoms with E-state index < -0.39 is 11.5 Å². The van der Waals surface area contributed by atoms with Crippen LogP contribution in [0.4, 0.5) is 5.69 Å². The molecule has 0 saturated heterocycles. The van der Waals surface area contributed by atoms with Gasteiger partial charge in [0.25, 0.3) is 0 Å². The lowest BCUT2D eigenvalue weighted by Crippen LogP contribution is -2.26. The monoisotopic (exact) mass is 398 g/mol. The van der Waals surface area contributed by atoms with E-state index in [-0.39, 0.29) is 11.6 Å². The van der Waals surface area contributed by atoms with Gasteiger partial charge in [0.15, 0.2) is 17.2 Å². The van der Waals surface area contributed by atoms with Gasteiger partial charge >= 0.3 is 0 Å². The summed E-state index contributed by atoms with van der Waals surface area (Å²) in [6.45, 7) is 1.42. The third kappa shape index (κ3) is 3.65. The zero-order valence-electron chi connectivity index (χ0n) is 16.7. The van der Waals surface area contributed by atoms with Crippen molar-refractivity contribution in [1.82, 2.24) is 5.32 Å². The minimum absolute atomic E-state index is 0.208. The zero-order valence-corrected chi connectivity index (χ0v) is 16.7. The second kappa shape index (κ2) is 8.30. The molecule has 0 heterocycles. The molecule has 0 unspecified atom stereocenters. The van der Waals surface area contributed by atoms with Crippen molar-refractivity contribution in [1.29, 1.82) is 0 Å². The minimum atomic E-state index is -0.514. The fourth-order valence-corrected chi connectivity index (χ4v) is 3.77. The number of fused-ring (bicyclic) bond motifs is 3. The lowest BCUT2D eigenvalue weighted by Gasteiger charge is -2.19. The van der Waals surface area contributed by atoms with Crippen LogP contribution in [0, 0.1) is 4.91 Å². The van der Waals surface area contributed by atoms with E-state index in [0.29, 0.717) is 41.2 Å². The Kier molecular flexibility index (Phi) is 5.81.